The molecule has 1 heterocycles. The molecule has 0 amide bonds. The van der Waals surface area contributed by atoms with Crippen molar-refractivity contribution >= 4 is 11.6 Å². The summed E-state index contributed by atoms with van der Waals surface area (Å²) in [7, 11) is 0. The molecule has 1 aliphatic carbocycles. The van der Waals surface area contributed by atoms with Crippen LogP contribution in [-0.2, 0) is 4.74 Å². The van der Waals surface area contributed by atoms with E-state index in [-0.39, 0.29) is 11.6 Å². The van der Waals surface area contributed by atoms with Gasteiger partial charge in [0, 0.05) is 17.1 Å². The number of ether oxygens (including phenoxy) is 1. The SMILES string of the molecule is CC1CCC2(CC1)COC(c1cccc(Cl)c1)CN2. The molecule has 1 saturated carbocycles. The molecule has 104 valence electrons. The van der Waals surface area contributed by atoms with Crippen LogP contribution in [0.5, 0.6) is 0 Å². The molecule has 3 heteroatoms. The Balaban J connectivity index is 1.63. The van der Waals surface area contributed by atoms with E-state index < -0.39 is 0 Å². The Labute approximate surface area is 120 Å². The summed E-state index contributed by atoms with van der Waals surface area (Å²) < 4.78 is 6.13. The molecule has 1 unspecified atom stereocenters. The van der Waals surface area contributed by atoms with Crippen molar-refractivity contribution < 1.29 is 4.74 Å². The summed E-state index contributed by atoms with van der Waals surface area (Å²) in [6.45, 7) is 4.08. The minimum atomic E-state index is 0.142. The molecule has 19 heavy (non-hydrogen) atoms. The summed E-state index contributed by atoms with van der Waals surface area (Å²) in [5.41, 5.74) is 1.42. The summed E-state index contributed by atoms with van der Waals surface area (Å²) in [4.78, 5) is 0. The van der Waals surface area contributed by atoms with Gasteiger partial charge in [0.15, 0.2) is 0 Å². The maximum Gasteiger partial charge on any atom is 0.0950 e. The lowest BCUT2D eigenvalue weighted by molar-refractivity contribution is -0.0504. The zero-order valence-corrected chi connectivity index (χ0v) is 12.2. The third kappa shape index (κ3) is 2.96. The number of benzene rings is 1. The molecule has 2 nitrogen and oxygen atoms in total. The summed E-state index contributed by atoms with van der Waals surface area (Å²) in [6, 6.07) is 8.01. The van der Waals surface area contributed by atoms with Gasteiger partial charge in [0.2, 0.25) is 0 Å². The highest BCUT2D eigenvalue weighted by Gasteiger charge is 2.38. The van der Waals surface area contributed by atoms with Crippen LogP contribution in [0.1, 0.15) is 44.3 Å². The van der Waals surface area contributed by atoms with E-state index in [0.29, 0.717) is 0 Å². The first-order valence-corrected chi connectivity index (χ1v) is 7.67. The van der Waals surface area contributed by atoms with E-state index in [1.54, 1.807) is 0 Å². The van der Waals surface area contributed by atoms with Crippen molar-refractivity contribution in [3.05, 3.63) is 34.9 Å². The molecule has 1 aliphatic heterocycles. The first-order chi connectivity index (χ1) is 9.17. The molecule has 2 fully saturated rings. The van der Waals surface area contributed by atoms with Crippen molar-refractivity contribution in [3.63, 3.8) is 0 Å². The molecule has 1 N–H and O–H groups in total. The van der Waals surface area contributed by atoms with Crippen LogP contribution in [0.25, 0.3) is 0 Å². The Kier molecular flexibility index (Phi) is 3.84. The molecular formula is C16H22ClNO. The zero-order valence-electron chi connectivity index (χ0n) is 11.5. The van der Waals surface area contributed by atoms with Gasteiger partial charge in [-0.3, -0.25) is 0 Å². The van der Waals surface area contributed by atoms with Gasteiger partial charge >= 0.3 is 0 Å². The largest absolute Gasteiger partial charge is 0.370 e. The topological polar surface area (TPSA) is 21.3 Å². The monoisotopic (exact) mass is 279 g/mol. The Morgan fingerprint density at radius 3 is 2.74 bits per heavy atom. The van der Waals surface area contributed by atoms with E-state index in [1.165, 1.54) is 31.2 Å². The number of hydrogen-bond acceptors (Lipinski definition) is 2. The van der Waals surface area contributed by atoms with E-state index >= 15 is 0 Å². The van der Waals surface area contributed by atoms with E-state index in [4.69, 9.17) is 16.3 Å². The molecule has 0 bridgehead atoms. The third-order valence-electron chi connectivity index (χ3n) is 4.68. The second-order valence-electron chi connectivity index (χ2n) is 6.20. The number of morpholine rings is 1. The van der Waals surface area contributed by atoms with Gasteiger partial charge in [-0.2, -0.15) is 0 Å². The second kappa shape index (κ2) is 5.43. The quantitative estimate of drug-likeness (QED) is 0.840. The first-order valence-electron chi connectivity index (χ1n) is 7.29. The summed E-state index contributed by atoms with van der Waals surface area (Å²) >= 11 is 6.05. The minimum Gasteiger partial charge on any atom is -0.370 e. The fraction of sp³-hybridized carbons (Fsp3) is 0.625. The Morgan fingerprint density at radius 2 is 2.11 bits per heavy atom. The van der Waals surface area contributed by atoms with Gasteiger partial charge in [-0.15, -0.1) is 0 Å². The molecule has 1 spiro atoms. The number of nitrogens with one attached hydrogen (secondary N) is 1. The smallest absolute Gasteiger partial charge is 0.0950 e. The lowest BCUT2D eigenvalue weighted by Crippen LogP contribution is -2.56. The van der Waals surface area contributed by atoms with Crippen LogP contribution in [0.2, 0.25) is 5.02 Å². The van der Waals surface area contributed by atoms with Crippen LogP contribution in [-0.4, -0.2) is 18.7 Å². The van der Waals surface area contributed by atoms with Crippen molar-refractivity contribution in [1.29, 1.82) is 0 Å². The maximum absolute atomic E-state index is 6.13. The molecule has 1 aromatic rings. The van der Waals surface area contributed by atoms with Crippen LogP contribution < -0.4 is 5.32 Å². The predicted molar refractivity (Wildman–Crippen MR) is 78.5 cm³/mol. The fourth-order valence-electron chi connectivity index (χ4n) is 3.24. The van der Waals surface area contributed by atoms with Crippen molar-refractivity contribution in [1.82, 2.24) is 5.32 Å². The highest BCUT2D eigenvalue weighted by atomic mass is 35.5. The normalized spacial score (nSPS) is 35.5. The van der Waals surface area contributed by atoms with Gasteiger partial charge < -0.3 is 10.1 Å². The predicted octanol–water partition coefficient (Wildman–Crippen LogP) is 3.95. The molecule has 3 rings (SSSR count). The molecule has 2 aliphatic rings. The van der Waals surface area contributed by atoms with Crippen LogP contribution >= 0.6 is 11.6 Å². The van der Waals surface area contributed by atoms with Crippen LogP contribution in [0.4, 0.5) is 0 Å². The Hall–Kier alpha value is -0.570. The minimum absolute atomic E-state index is 0.142. The average molecular weight is 280 g/mol. The maximum atomic E-state index is 6.13. The molecule has 1 aromatic carbocycles. The number of rotatable bonds is 1. The van der Waals surface area contributed by atoms with E-state index in [9.17, 15) is 0 Å². The van der Waals surface area contributed by atoms with E-state index in [0.717, 1.165) is 24.1 Å². The van der Waals surface area contributed by atoms with Gasteiger partial charge in [-0.05, 0) is 49.3 Å². The Morgan fingerprint density at radius 1 is 1.32 bits per heavy atom. The van der Waals surface area contributed by atoms with Crippen molar-refractivity contribution in [2.75, 3.05) is 13.2 Å². The third-order valence-corrected chi connectivity index (χ3v) is 4.91. The number of hydrogen-bond donors (Lipinski definition) is 1. The average Bonchev–Trinajstić information content (AvgIpc) is 2.43. The lowest BCUT2D eigenvalue weighted by atomic mass is 9.77. The van der Waals surface area contributed by atoms with Crippen LogP contribution in [0.15, 0.2) is 24.3 Å². The van der Waals surface area contributed by atoms with Crippen molar-refractivity contribution in [3.8, 4) is 0 Å². The second-order valence-corrected chi connectivity index (χ2v) is 6.63. The molecule has 1 atom stereocenters. The molecule has 1 saturated heterocycles. The first kappa shape index (κ1) is 13.4. The molecular weight excluding hydrogens is 258 g/mol. The molecule has 0 aromatic heterocycles. The standard InChI is InChI=1S/C16H22ClNO/c1-12-5-7-16(8-6-12)11-19-15(10-18-16)13-3-2-4-14(17)9-13/h2-4,9,12,15,18H,5-8,10-11H2,1H3. The van der Waals surface area contributed by atoms with Gasteiger partial charge in [0.25, 0.3) is 0 Å². The van der Waals surface area contributed by atoms with Crippen LogP contribution in [0, 0.1) is 5.92 Å². The van der Waals surface area contributed by atoms with Crippen molar-refractivity contribution in [2.24, 2.45) is 5.92 Å². The van der Waals surface area contributed by atoms with Crippen LogP contribution in [0.3, 0.4) is 0 Å². The fourth-order valence-corrected chi connectivity index (χ4v) is 3.43. The van der Waals surface area contributed by atoms with Gasteiger partial charge in [0.05, 0.1) is 12.7 Å². The highest BCUT2D eigenvalue weighted by Crippen LogP contribution is 2.36. The summed E-state index contributed by atoms with van der Waals surface area (Å²) in [5, 5.41) is 4.54. The van der Waals surface area contributed by atoms with Gasteiger partial charge in [-0.1, -0.05) is 30.7 Å². The van der Waals surface area contributed by atoms with E-state index in [1.807, 2.05) is 18.2 Å². The van der Waals surface area contributed by atoms with Crippen molar-refractivity contribution in [2.45, 2.75) is 44.2 Å². The van der Waals surface area contributed by atoms with E-state index in [2.05, 4.69) is 18.3 Å². The lowest BCUT2D eigenvalue weighted by Gasteiger charge is -2.45. The number of halogens is 1. The van der Waals surface area contributed by atoms with Gasteiger partial charge in [-0.25, -0.2) is 0 Å². The summed E-state index contributed by atoms with van der Waals surface area (Å²) in [5.74, 6) is 0.873. The zero-order chi connectivity index (χ0) is 13.3. The highest BCUT2D eigenvalue weighted by molar-refractivity contribution is 6.30. The Bertz CT molecular complexity index is 430. The molecule has 0 radical (unpaired) electrons. The van der Waals surface area contributed by atoms with Gasteiger partial charge in [0.1, 0.15) is 0 Å². The summed E-state index contributed by atoms with van der Waals surface area (Å²) in [6.07, 6.45) is 5.27.